The Morgan fingerprint density at radius 1 is 1.38 bits per heavy atom. The highest BCUT2D eigenvalue weighted by Crippen LogP contribution is 2.33. The minimum Gasteiger partial charge on any atom is -0.443 e. The standard InChI is InChI=1S/C21H35N3O2/c1-7-8-13-24(20(25)26-21(4,5)6)19-12-11-17(15-22-19)18-10-9-14-23(18)16(2)3/h11-12,15-16,18H,7-10,13-14H2,1-6H3. The quantitative estimate of drug-likeness (QED) is 0.701. The molecule has 1 aliphatic rings. The van der Waals surface area contributed by atoms with E-state index in [-0.39, 0.29) is 6.09 Å². The largest absolute Gasteiger partial charge is 0.443 e. The first-order valence-electron chi connectivity index (χ1n) is 9.95. The minimum atomic E-state index is -0.511. The van der Waals surface area contributed by atoms with Gasteiger partial charge in [-0.25, -0.2) is 9.78 Å². The fourth-order valence-corrected chi connectivity index (χ4v) is 3.45. The Morgan fingerprint density at radius 2 is 2.12 bits per heavy atom. The predicted octanol–water partition coefficient (Wildman–Crippen LogP) is 5.17. The molecule has 5 heteroatoms. The smallest absolute Gasteiger partial charge is 0.416 e. The van der Waals surface area contributed by atoms with E-state index in [1.807, 2.05) is 33.0 Å². The first-order chi connectivity index (χ1) is 12.2. The second kappa shape index (κ2) is 8.85. The van der Waals surface area contributed by atoms with E-state index in [0.29, 0.717) is 24.4 Å². The molecule has 0 radical (unpaired) electrons. The molecule has 1 aliphatic heterocycles. The molecule has 0 bridgehead atoms. The second-order valence-corrected chi connectivity index (χ2v) is 8.42. The lowest BCUT2D eigenvalue weighted by atomic mass is 10.1. The van der Waals surface area contributed by atoms with Crippen LogP contribution in [0.1, 0.15) is 78.8 Å². The van der Waals surface area contributed by atoms with Gasteiger partial charge in [0.25, 0.3) is 0 Å². The maximum Gasteiger partial charge on any atom is 0.416 e. The van der Waals surface area contributed by atoms with Crippen molar-refractivity contribution in [3.05, 3.63) is 23.9 Å². The number of likely N-dealkylation sites (tertiary alicyclic amines) is 1. The summed E-state index contributed by atoms with van der Waals surface area (Å²) in [6, 6.07) is 5.05. The number of nitrogens with zero attached hydrogens (tertiary/aromatic N) is 3. The van der Waals surface area contributed by atoms with Crippen LogP contribution in [0.2, 0.25) is 0 Å². The third-order valence-electron chi connectivity index (χ3n) is 4.74. The molecule has 0 aromatic carbocycles. The summed E-state index contributed by atoms with van der Waals surface area (Å²) in [6.45, 7) is 14.0. The van der Waals surface area contributed by atoms with Crippen LogP contribution in [-0.4, -0.2) is 40.7 Å². The van der Waals surface area contributed by atoms with Crippen LogP contribution in [0.4, 0.5) is 10.6 Å². The average Bonchev–Trinajstić information content (AvgIpc) is 3.04. The summed E-state index contributed by atoms with van der Waals surface area (Å²) in [5.41, 5.74) is 0.725. The van der Waals surface area contributed by atoms with Gasteiger partial charge in [0.05, 0.1) is 0 Å². The number of hydrogen-bond donors (Lipinski definition) is 0. The Balaban J connectivity index is 2.17. The Bertz CT molecular complexity index is 578. The van der Waals surface area contributed by atoms with E-state index in [1.165, 1.54) is 18.4 Å². The Kier molecular flexibility index (Phi) is 7.04. The molecule has 2 rings (SSSR count). The van der Waals surface area contributed by atoms with Crippen molar-refractivity contribution >= 4 is 11.9 Å². The summed E-state index contributed by atoms with van der Waals surface area (Å²) < 4.78 is 5.57. The van der Waals surface area contributed by atoms with E-state index in [9.17, 15) is 4.79 Å². The second-order valence-electron chi connectivity index (χ2n) is 8.42. The minimum absolute atomic E-state index is 0.323. The van der Waals surface area contributed by atoms with Gasteiger partial charge in [-0.3, -0.25) is 9.80 Å². The molecule has 1 aromatic heterocycles. The summed E-state index contributed by atoms with van der Waals surface area (Å²) >= 11 is 0. The molecule has 1 amide bonds. The molecule has 1 unspecified atom stereocenters. The van der Waals surface area contributed by atoms with Gasteiger partial charge in [0, 0.05) is 24.8 Å². The van der Waals surface area contributed by atoms with Gasteiger partial charge in [-0.1, -0.05) is 19.4 Å². The van der Waals surface area contributed by atoms with Gasteiger partial charge in [-0.2, -0.15) is 0 Å². The fraction of sp³-hybridized carbons (Fsp3) is 0.714. The highest BCUT2D eigenvalue weighted by atomic mass is 16.6. The van der Waals surface area contributed by atoms with Crippen molar-refractivity contribution < 1.29 is 9.53 Å². The van der Waals surface area contributed by atoms with Crippen LogP contribution in [0.15, 0.2) is 18.3 Å². The van der Waals surface area contributed by atoms with Crippen LogP contribution in [0.25, 0.3) is 0 Å². The van der Waals surface area contributed by atoms with Gasteiger partial charge in [0.2, 0.25) is 0 Å². The molecular weight excluding hydrogens is 326 g/mol. The van der Waals surface area contributed by atoms with Crippen molar-refractivity contribution in [3.63, 3.8) is 0 Å². The lowest BCUT2D eigenvalue weighted by molar-refractivity contribution is 0.0578. The third kappa shape index (κ3) is 5.44. The van der Waals surface area contributed by atoms with Gasteiger partial charge in [-0.05, 0) is 72.1 Å². The monoisotopic (exact) mass is 361 g/mol. The third-order valence-corrected chi connectivity index (χ3v) is 4.74. The van der Waals surface area contributed by atoms with Crippen molar-refractivity contribution in [1.29, 1.82) is 0 Å². The van der Waals surface area contributed by atoms with Gasteiger partial charge in [0.1, 0.15) is 11.4 Å². The molecule has 1 saturated heterocycles. The van der Waals surface area contributed by atoms with Crippen LogP contribution < -0.4 is 4.90 Å². The Labute approximate surface area is 158 Å². The number of amides is 1. The number of carbonyl (C=O) groups excluding carboxylic acids is 1. The van der Waals surface area contributed by atoms with Crippen LogP contribution in [-0.2, 0) is 4.74 Å². The number of hydrogen-bond acceptors (Lipinski definition) is 4. The maximum absolute atomic E-state index is 12.6. The molecule has 0 spiro atoms. The lowest BCUT2D eigenvalue weighted by Gasteiger charge is -2.29. The zero-order valence-electron chi connectivity index (χ0n) is 17.3. The SMILES string of the molecule is CCCCN(C(=O)OC(C)(C)C)c1ccc(C2CCCN2C(C)C)cn1. The number of carbonyl (C=O) groups is 1. The van der Waals surface area contributed by atoms with E-state index < -0.39 is 5.60 Å². The number of unbranched alkanes of at least 4 members (excludes halogenated alkanes) is 1. The normalized spacial score (nSPS) is 18.3. The maximum atomic E-state index is 12.6. The van der Waals surface area contributed by atoms with E-state index in [2.05, 4.69) is 36.7 Å². The Hall–Kier alpha value is -1.62. The molecule has 146 valence electrons. The van der Waals surface area contributed by atoms with E-state index in [1.54, 1.807) is 4.90 Å². The number of anilines is 1. The first-order valence-corrected chi connectivity index (χ1v) is 9.95. The highest BCUT2D eigenvalue weighted by Gasteiger charge is 2.29. The van der Waals surface area contributed by atoms with Crippen LogP contribution >= 0.6 is 0 Å². The summed E-state index contributed by atoms with van der Waals surface area (Å²) in [7, 11) is 0. The number of ether oxygens (including phenoxy) is 1. The van der Waals surface area contributed by atoms with Crippen molar-refractivity contribution in [1.82, 2.24) is 9.88 Å². The fourth-order valence-electron chi connectivity index (χ4n) is 3.45. The molecule has 5 nitrogen and oxygen atoms in total. The van der Waals surface area contributed by atoms with Crippen molar-refractivity contribution in [2.45, 2.75) is 84.9 Å². The molecule has 2 heterocycles. The number of aromatic nitrogens is 1. The van der Waals surface area contributed by atoms with Crippen molar-refractivity contribution in [2.75, 3.05) is 18.0 Å². The molecule has 0 saturated carbocycles. The molecule has 26 heavy (non-hydrogen) atoms. The number of pyridine rings is 1. The first kappa shape index (κ1) is 20.7. The molecule has 1 fully saturated rings. The van der Waals surface area contributed by atoms with E-state index in [4.69, 9.17) is 4.74 Å². The number of rotatable bonds is 6. The van der Waals surface area contributed by atoms with Gasteiger partial charge >= 0.3 is 6.09 Å². The van der Waals surface area contributed by atoms with E-state index in [0.717, 1.165) is 19.4 Å². The van der Waals surface area contributed by atoms with Crippen LogP contribution in [0, 0.1) is 0 Å². The molecule has 0 N–H and O–H groups in total. The van der Waals surface area contributed by atoms with Crippen molar-refractivity contribution in [2.24, 2.45) is 0 Å². The topological polar surface area (TPSA) is 45.7 Å². The zero-order valence-corrected chi connectivity index (χ0v) is 17.3. The summed E-state index contributed by atoms with van der Waals surface area (Å²) in [5, 5.41) is 0. The van der Waals surface area contributed by atoms with E-state index >= 15 is 0 Å². The summed E-state index contributed by atoms with van der Waals surface area (Å²) in [4.78, 5) is 21.4. The lowest BCUT2D eigenvalue weighted by Crippen LogP contribution is -2.38. The van der Waals surface area contributed by atoms with Crippen LogP contribution in [0.5, 0.6) is 0 Å². The predicted molar refractivity (Wildman–Crippen MR) is 107 cm³/mol. The van der Waals surface area contributed by atoms with Crippen molar-refractivity contribution in [3.8, 4) is 0 Å². The average molecular weight is 362 g/mol. The zero-order chi connectivity index (χ0) is 19.3. The Morgan fingerprint density at radius 3 is 2.65 bits per heavy atom. The molecule has 1 atom stereocenters. The van der Waals surface area contributed by atoms with Gasteiger partial charge in [0.15, 0.2) is 0 Å². The van der Waals surface area contributed by atoms with Gasteiger partial charge < -0.3 is 4.74 Å². The molecule has 1 aromatic rings. The highest BCUT2D eigenvalue weighted by molar-refractivity contribution is 5.86. The molecular formula is C21H35N3O2. The summed E-state index contributed by atoms with van der Waals surface area (Å²) in [5.74, 6) is 0.672. The van der Waals surface area contributed by atoms with Crippen LogP contribution in [0.3, 0.4) is 0 Å². The summed E-state index contributed by atoms with van der Waals surface area (Å²) in [6.07, 6.45) is 5.95. The van der Waals surface area contributed by atoms with Gasteiger partial charge in [-0.15, -0.1) is 0 Å². The molecule has 0 aliphatic carbocycles.